The largest absolute Gasteiger partial charge is 0.216 e. The smallest absolute Gasteiger partial charge is 0.201 e. The van der Waals surface area contributed by atoms with Gasteiger partial charge in [0.05, 0.1) is 5.39 Å². The minimum atomic E-state index is 1.05. The molecule has 0 atom stereocenters. The quantitative estimate of drug-likeness (QED) is 0.651. The molecule has 0 amide bonds. The van der Waals surface area contributed by atoms with E-state index in [1.54, 1.807) is 0 Å². The van der Waals surface area contributed by atoms with E-state index in [1.807, 2.05) is 0 Å². The molecule has 0 saturated heterocycles. The van der Waals surface area contributed by atoms with Crippen LogP contribution in [0.5, 0.6) is 0 Å². The molecule has 0 fully saturated rings. The highest BCUT2D eigenvalue weighted by Crippen LogP contribution is 2.30. The summed E-state index contributed by atoms with van der Waals surface area (Å²) in [5.74, 6) is 0. The van der Waals surface area contributed by atoms with E-state index >= 15 is 0 Å². The Morgan fingerprint density at radius 2 is 1.94 bits per heavy atom. The zero-order valence-corrected chi connectivity index (χ0v) is 10.3. The molecule has 3 rings (SSSR count). The molecule has 0 unspecified atom stereocenters. The summed E-state index contributed by atoms with van der Waals surface area (Å²) in [6, 6.07) is 10.8. The first-order valence-electron chi connectivity index (χ1n) is 6.01. The Bertz CT molecular complexity index is 648. The monoisotopic (exact) mass is 222 g/mol. The van der Waals surface area contributed by atoms with Gasteiger partial charge in [-0.3, -0.25) is 0 Å². The van der Waals surface area contributed by atoms with Gasteiger partial charge in [-0.05, 0) is 30.4 Å². The van der Waals surface area contributed by atoms with E-state index in [1.165, 1.54) is 27.6 Å². The van der Waals surface area contributed by atoms with Crippen molar-refractivity contribution in [2.24, 2.45) is 7.05 Å². The average molecular weight is 222 g/mol. The van der Waals surface area contributed by atoms with Gasteiger partial charge in [0.25, 0.3) is 0 Å². The molecule has 1 aromatic carbocycles. The van der Waals surface area contributed by atoms with E-state index in [9.17, 15) is 0 Å². The lowest BCUT2D eigenvalue weighted by molar-refractivity contribution is -0.672. The van der Waals surface area contributed by atoms with E-state index in [2.05, 4.69) is 67.2 Å². The molecule has 1 aromatic heterocycles. The molecule has 0 aliphatic heterocycles. The highest BCUT2D eigenvalue weighted by atomic mass is 14.9. The van der Waals surface area contributed by atoms with Crippen molar-refractivity contribution in [2.45, 2.75) is 13.3 Å². The van der Waals surface area contributed by atoms with E-state index in [-0.39, 0.29) is 0 Å². The van der Waals surface area contributed by atoms with Crippen LogP contribution >= 0.6 is 0 Å². The van der Waals surface area contributed by atoms with E-state index in [0.29, 0.717) is 0 Å². The molecule has 2 aromatic rings. The number of aromatic nitrogens is 1. The lowest BCUT2D eigenvalue weighted by atomic mass is 10.0. The fraction of sp³-hybridized carbons (Fsp3) is 0.188. The molecular formula is C16H16N+. The Hall–Kier alpha value is -1.89. The lowest BCUT2D eigenvalue weighted by Crippen LogP contribution is -2.32. The standard InChI is InChI=1S/C16H16N/c1-12-6-5-9-14(12)16-15-8-4-3-7-13(15)10-11-17(16)2/h3-8,10-11H,9H2,1-2H3/q+1. The van der Waals surface area contributed by atoms with Crippen LogP contribution in [-0.2, 0) is 7.05 Å². The number of pyridine rings is 1. The fourth-order valence-electron chi connectivity index (χ4n) is 2.59. The number of allylic oxidation sites excluding steroid dienone is 4. The zero-order chi connectivity index (χ0) is 11.8. The Labute approximate surface area is 102 Å². The van der Waals surface area contributed by atoms with Crippen LogP contribution in [0.1, 0.15) is 19.0 Å². The fourth-order valence-corrected chi connectivity index (χ4v) is 2.59. The van der Waals surface area contributed by atoms with Gasteiger partial charge in [-0.15, -0.1) is 0 Å². The summed E-state index contributed by atoms with van der Waals surface area (Å²) >= 11 is 0. The molecule has 0 radical (unpaired) electrons. The number of rotatable bonds is 1. The summed E-state index contributed by atoms with van der Waals surface area (Å²) in [5.41, 5.74) is 4.19. The summed E-state index contributed by atoms with van der Waals surface area (Å²) in [4.78, 5) is 0. The third kappa shape index (κ3) is 1.59. The van der Waals surface area contributed by atoms with Crippen LogP contribution in [0.2, 0.25) is 0 Å². The number of aryl methyl sites for hydroxylation is 1. The van der Waals surface area contributed by atoms with Gasteiger partial charge in [0, 0.05) is 11.6 Å². The predicted octanol–water partition coefficient (Wildman–Crippen LogP) is 3.40. The van der Waals surface area contributed by atoms with Crippen molar-refractivity contribution < 1.29 is 4.57 Å². The molecular weight excluding hydrogens is 206 g/mol. The maximum Gasteiger partial charge on any atom is 0.216 e. The van der Waals surface area contributed by atoms with Crippen LogP contribution in [0, 0.1) is 0 Å². The van der Waals surface area contributed by atoms with Crippen LogP contribution in [-0.4, -0.2) is 0 Å². The van der Waals surface area contributed by atoms with Crippen molar-refractivity contribution in [1.29, 1.82) is 0 Å². The Balaban J connectivity index is 2.35. The van der Waals surface area contributed by atoms with Gasteiger partial charge in [0.2, 0.25) is 5.69 Å². The molecule has 0 saturated carbocycles. The van der Waals surface area contributed by atoms with E-state index < -0.39 is 0 Å². The van der Waals surface area contributed by atoms with Crippen LogP contribution in [0.3, 0.4) is 0 Å². The molecule has 1 heterocycles. The molecule has 17 heavy (non-hydrogen) atoms. The normalized spacial score (nSPS) is 14.9. The third-order valence-electron chi connectivity index (χ3n) is 3.50. The van der Waals surface area contributed by atoms with Crippen molar-refractivity contribution >= 4 is 16.3 Å². The minimum absolute atomic E-state index is 1.05. The first-order valence-corrected chi connectivity index (χ1v) is 6.01. The van der Waals surface area contributed by atoms with Crippen molar-refractivity contribution in [2.75, 3.05) is 0 Å². The predicted molar refractivity (Wildman–Crippen MR) is 71.5 cm³/mol. The van der Waals surface area contributed by atoms with Crippen LogP contribution in [0.25, 0.3) is 16.3 Å². The molecule has 84 valence electrons. The van der Waals surface area contributed by atoms with Crippen molar-refractivity contribution in [3.8, 4) is 0 Å². The van der Waals surface area contributed by atoms with Gasteiger partial charge < -0.3 is 0 Å². The number of hydrogen-bond acceptors (Lipinski definition) is 0. The number of benzene rings is 1. The zero-order valence-electron chi connectivity index (χ0n) is 10.3. The van der Waals surface area contributed by atoms with Crippen molar-refractivity contribution in [3.63, 3.8) is 0 Å². The van der Waals surface area contributed by atoms with Gasteiger partial charge in [-0.2, -0.15) is 0 Å². The van der Waals surface area contributed by atoms with E-state index in [0.717, 1.165) is 6.42 Å². The van der Waals surface area contributed by atoms with Crippen LogP contribution < -0.4 is 4.57 Å². The summed E-state index contributed by atoms with van der Waals surface area (Å²) < 4.78 is 2.23. The Kier molecular flexibility index (Phi) is 2.32. The second-order valence-electron chi connectivity index (χ2n) is 4.63. The highest BCUT2D eigenvalue weighted by molar-refractivity contribution is 5.92. The van der Waals surface area contributed by atoms with Gasteiger partial charge in [0.1, 0.15) is 7.05 Å². The van der Waals surface area contributed by atoms with Crippen molar-refractivity contribution in [1.82, 2.24) is 0 Å². The molecule has 1 aliphatic carbocycles. The summed E-state index contributed by atoms with van der Waals surface area (Å²) in [6.45, 7) is 2.20. The topological polar surface area (TPSA) is 3.88 Å². The number of fused-ring (bicyclic) bond motifs is 1. The molecule has 0 bridgehead atoms. The van der Waals surface area contributed by atoms with E-state index in [4.69, 9.17) is 0 Å². The lowest BCUT2D eigenvalue weighted by Gasteiger charge is -2.06. The molecule has 1 aliphatic rings. The third-order valence-corrected chi connectivity index (χ3v) is 3.50. The second-order valence-corrected chi connectivity index (χ2v) is 4.63. The number of nitrogens with zero attached hydrogens (tertiary/aromatic N) is 1. The maximum absolute atomic E-state index is 2.24. The second kappa shape index (κ2) is 3.85. The molecule has 1 heteroatoms. The summed E-state index contributed by atoms with van der Waals surface area (Å²) in [6.07, 6.45) is 7.66. The van der Waals surface area contributed by atoms with Gasteiger partial charge in [-0.25, -0.2) is 4.57 Å². The van der Waals surface area contributed by atoms with Crippen LogP contribution in [0.15, 0.2) is 54.3 Å². The first kappa shape index (κ1) is 10.3. The summed E-state index contributed by atoms with van der Waals surface area (Å²) in [7, 11) is 2.13. The van der Waals surface area contributed by atoms with Gasteiger partial charge in [0.15, 0.2) is 6.20 Å². The Morgan fingerprint density at radius 1 is 1.12 bits per heavy atom. The first-order chi connectivity index (χ1) is 8.27. The molecule has 0 N–H and O–H groups in total. The van der Waals surface area contributed by atoms with Crippen LogP contribution in [0.4, 0.5) is 0 Å². The maximum atomic E-state index is 2.24. The Morgan fingerprint density at radius 3 is 2.71 bits per heavy atom. The van der Waals surface area contributed by atoms with Gasteiger partial charge in [-0.1, -0.05) is 30.4 Å². The van der Waals surface area contributed by atoms with Gasteiger partial charge >= 0.3 is 0 Å². The average Bonchev–Trinajstić information content (AvgIpc) is 2.75. The molecule has 0 spiro atoms. The summed E-state index contributed by atoms with van der Waals surface area (Å²) in [5, 5.41) is 2.66. The molecule has 1 nitrogen and oxygen atoms in total. The van der Waals surface area contributed by atoms with Crippen molar-refractivity contribution in [3.05, 3.63) is 59.9 Å². The number of hydrogen-bond donors (Lipinski definition) is 0. The highest BCUT2D eigenvalue weighted by Gasteiger charge is 2.19. The SMILES string of the molecule is CC1=C(c2c3ccccc3cc[n+]2C)CC=C1. The minimum Gasteiger partial charge on any atom is -0.201 e.